The molecule has 1 fully saturated rings. The van der Waals surface area contributed by atoms with Crippen molar-refractivity contribution in [1.29, 1.82) is 0 Å². The van der Waals surface area contributed by atoms with Gasteiger partial charge in [-0.25, -0.2) is 9.37 Å². The lowest BCUT2D eigenvalue weighted by Crippen LogP contribution is -2.30. The molecule has 3 aromatic rings. The van der Waals surface area contributed by atoms with Crippen LogP contribution in [0.1, 0.15) is 36.6 Å². The predicted molar refractivity (Wildman–Crippen MR) is 110 cm³/mol. The molecule has 5 nitrogen and oxygen atoms in total. The van der Waals surface area contributed by atoms with Crippen molar-refractivity contribution in [2.24, 2.45) is 5.92 Å². The number of nitrogens with one attached hydrogen (secondary N) is 1. The van der Waals surface area contributed by atoms with E-state index in [-0.39, 0.29) is 17.5 Å². The second kappa shape index (κ2) is 8.69. The van der Waals surface area contributed by atoms with Crippen molar-refractivity contribution in [2.75, 3.05) is 11.9 Å². The molecule has 150 valence electrons. The van der Waals surface area contributed by atoms with Gasteiger partial charge in [-0.15, -0.1) is 11.3 Å². The van der Waals surface area contributed by atoms with E-state index >= 15 is 0 Å². The van der Waals surface area contributed by atoms with Gasteiger partial charge in [0.15, 0.2) is 6.61 Å². The maximum absolute atomic E-state index is 13.6. The van der Waals surface area contributed by atoms with Gasteiger partial charge < -0.3 is 10.1 Å². The predicted octanol–water partition coefficient (Wildman–Crippen LogP) is 4.89. The van der Waals surface area contributed by atoms with Crippen molar-refractivity contribution in [3.63, 3.8) is 0 Å². The number of nitrogens with zero attached hydrogens (tertiary/aromatic N) is 1. The number of ether oxygens (including phenoxy) is 1. The second-order valence-corrected chi connectivity index (χ2v) is 8.22. The maximum atomic E-state index is 13.6. The average molecular weight is 412 g/mol. The summed E-state index contributed by atoms with van der Waals surface area (Å²) in [6.45, 7) is -0.434. The highest BCUT2D eigenvalue weighted by atomic mass is 32.1. The number of esters is 1. The van der Waals surface area contributed by atoms with Gasteiger partial charge in [-0.3, -0.25) is 9.59 Å². The van der Waals surface area contributed by atoms with Crippen molar-refractivity contribution >= 4 is 39.1 Å². The fraction of sp³-hybridized carbons (Fsp3) is 0.318. The molecular formula is C22H21FN2O3S. The van der Waals surface area contributed by atoms with Crippen LogP contribution in [0.5, 0.6) is 0 Å². The molecule has 1 heterocycles. The van der Waals surface area contributed by atoms with E-state index in [0.717, 1.165) is 34.5 Å². The van der Waals surface area contributed by atoms with Crippen LogP contribution in [0.15, 0.2) is 48.5 Å². The molecule has 1 amide bonds. The number of amides is 1. The Labute approximate surface area is 171 Å². The van der Waals surface area contributed by atoms with Gasteiger partial charge in [0.25, 0.3) is 5.91 Å². The van der Waals surface area contributed by atoms with Gasteiger partial charge in [-0.2, -0.15) is 0 Å². The third kappa shape index (κ3) is 4.45. The molecule has 7 heteroatoms. The van der Waals surface area contributed by atoms with Gasteiger partial charge in [0.05, 0.1) is 26.8 Å². The monoisotopic (exact) mass is 412 g/mol. The quantitative estimate of drug-likeness (QED) is 0.606. The number of carbonyl (C=O) groups is 2. The van der Waals surface area contributed by atoms with Crippen molar-refractivity contribution in [1.82, 2.24) is 4.98 Å². The zero-order valence-corrected chi connectivity index (χ0v) is 16.6. The molecule has 0 aliphatic heterocycles. The van der Waals surface area contributed by atoms with Crippen LogP contribution in [0.2, 0.25) is 0 Å². The normalized spacial score (nSPS) is 19.1. The highest BCUT2D eigenvalue weighted by molar-refractivity contribution is 7.18. The molecule has 0 bridgehead atoms. The molecule has 1 aliphatic rings. The zero-order chi connectivity index (χ0) is 20.2. The van der Waals surface area contributed by atoms with E-state index in [4.69, 9.17) is 9.72 Å². The van der Waals surface area contributed by atoms with E-state index in [9.17, 15) is 14.0 Å². The van der Waals surface area contributed by atoms with E-state index in [1.165, 1.54) is 18.2 Å². The van der Waals surface area contributed by atoms with Gasteiger partial charge in [-0.05, 0) is 37.1 Å². The summed E-state index contributed by atoms with van der Waals surface area (Å²) in [6, 6.07) is 13.8. The fourth-order valence-electron chi connectivity index (χ4n) is 3.75. The third-order valence-electron chi connectivity index (χ3n) is 5.19. The lowest BCUT2D eigenvalue weighted by molar-refractivity contribution is -0.153. The highest BCUT2D eigenvalue weighted by Crippen LogP contribution is 2.41. The first-order valence-electron chi connectivity index (χ1n) is 9.68. The molecule has 1 N–H and O–H groups in total. The average Bonchev–Trinajstić information content (AvgIpc) is 3.18. The van der Waals surface area contributed by atoms with Crippen LogP contribution in [-0.2, 0) is 14.3 Å². The van der Waals surface area contributed by atoms with Gasteiger partial charge in [0.2, 0.25) is 0 Å². The number of hydrogen-bond acceptors (Lipinski definition) is 5. The van der Waals surface area contributed by atoms with Crippen molar-refractivity contribution in [2.45, 2.75) is 31.6 Å². The molecule has 0 spiro atoms. The molecule has 0 saturated heterocycles. The first-order chi connectivity index (χ1) is 14.1. The summed E-state index contributed by atoms with van der Waals surface area (Å²) in [5.74, 6) is -1.79. The molecule has 0 radical (unpaired) electrons. The summed E-state index contributed by atoms with van der Waals surface area (Å²) in [5.41, 5.74) is 1.01. The smallest absolute Gasteiger partial charge is 0.310 e. The van der Waals surface area contributed by atoms with Crippen LogP contribution in [0.3, 0.4) is 0 Å². The van der Waals surface area contributed by atoms with Crippen LogP contribution >= 0.6 is 11.3 Å². The molecular weight excluding hydrogens is 391 g/mol. The minimum atomic E-state index is -0.559. The van der Waals surface area contributed by atoms with E-state index in [1.54, 1.807) is 17.4 Å². The standard InChI is InChI=1S/C22H21FN2O3S/c23-16-9-3-4-10-17(16)24-20(26)13-28-22(27)15-8-2-1-7-14(15)21-25-18-11-5-6-12-19(18)29-21/h3-6,9-12,14-15H,1-2,7-8,13H2,(H,24,26)/t14-,15+/m1/s1. The molecule has 1 aliphatic carbocycles. The molecule has 2 atom stereocenters. The van der Waals surface area contributed by atoms with Crippen LogP contribution in [0.25, 0.3) is 10.2 Å². The summed E-state index contributed by atoms with van der Waals surface area (Å²) < 4.78 is 20.0. The summed E-state index contributed by atoms with van der Waals surface area (Å²) in [4.78, 5) is 29.5. The Morgan fingerprint density at radius 3 is 2.69 bits per heavy atom. The molecule has 0 unspecified atom stereocenters. The highest BCUT2D eigenvalue weighted by Gasteiger charge is 2.35. The van der Waals surface area contributed by atoms with E-state index in [2.05, 4.69) is 5.32 Å². The Morgan fingerprint density at radius 2 is 1.86 bits per heavy atom. The number of fused-ring (bicyclic) bond motifs is 1. The van der Waals surface area contributed by atoms with Crippen LogP contribution in [-0.4, -0.2) is 23.5 Å². The van der Waals surface area contributed by atoms with E-state index in [1.807, 2.05) is 24.3 Å². The Hall–Kier alpha value is -2.80. The number of aromatic nitrogens is 1. The minimum Gasteiger partial charge on any atom is -0.455 e. The molecule has 29 heavy (non-hydrogen) atoms. The number of carbonyl (C=O) groups excluding carboxylic acids is 2. The van der Waals surface area contributed by atoms with Gasteiger partial charge in [-0.1, -0.05) is 37.1 Å². The number of halogens is 1. The number of rotatable bonds is 5. The first-order valence-corrected chi connectivity index (χ1v) is 10.5. The summed E-state index contributed by atoms with van der Waals surface area (Å²) in [7, 11) is 0. The maximum Gasteiger partial charge on any atom is 0.310 e. The Balaban J connectivity index is 1.41. The fourth-order valence-corrected chi connectivity index (χ4v) is 4.92. The number of anilines is 1. The van der Waals surface area contributed by atoms with Crippen LogP contribution < -0.4 is 5.32 Å². The lowest BCUT2D eigenvalue weighted by atomic mass is 9.79. The van der Waals surface area contributed by atoms with E-state index in [0.29, 0.717) is 6.42 Å². The molecule has 1 saturated carbocycles. The zero-order valence-electron chi connectivity index (χ0n) is 15.8. The second-order valence-electron chi connectivity index (χ2n) is 7.15. The third-order valence-corrected chi connectivity index (χ3v) is 6.36. The van der Waals surface area contributed by atoms with Gasteiger partial charge in [0, 0.05) is 5.92 Å². The topological polar surface area (TPSA) is 68.3 Å². The summed E-state index contributed by atoms with van der Waals surface area (Å²) >= 11 is 1.61. The largest absolute Gasteiger partial charge is 0.455 e. The first kappa shape index (κ1) is 19.5. The number of hydrogen-bond donors (Lipinski definition) is 1. The van der Waals surface area contributed by atoms with Crippen molar-refractivity contribution in [3.05, 3.63) is 59.4 Å². The summed E-state index contributed by atoms with van der Waals surface area (Å²) in [5, 5.41) is 3.38. The van der Waals surface area contributed by atoms with Crippen molar-refractivity contribution in [3.8, 4) is 0 Å². The molecule has 4 rings (SSSR count). The van der Waals surface area contributed by atoms with Crippen LogP contribution in [0, 0.1) is 11.7 Å². The van der Waals surface area contributed by atoms with Crippen molar-refractivity contribution < 1.29 is 18.7 Å². The van der Waals surface area contributed by atoms with Crippen LogP contribution in [0.4, 0.5) is 10.1 Å². The van der Waals surface area contributed by atoms with Gasteiger partial charge >= 0.3 is 5.97 Å². The number of thiazole rings is 1. The number of para-hydroxylation sites is 2. The lowest BCUT2D eigenvalue weighted by Gasteiger charge is -2.28. The van der Waals surface area contributed by atoms with E-state index < -0.39 is 24.3 Å². The van der Waals surface area contributed by atoms with Gasteiger partial charge in [0.1, 0.15) is 5.82 Å². The SMILES string of the molecule is O=C(COC(=O)[C@H]1CCCC[C@H]1c1nc2ccccc2s1)Nc1ccccc1F. The Morgan fingerprint density at radius 1 is 1.10 bits per heavy atom. The Kier molecular flexibility index (Phi) is 5.85. The minimum absolute atomic E-state index is 0.00304. The summed E-state index contributed by atoms with van der Waals surface area (Å²) in [6.07, 6.45) is 3.58. The Bertz CT molecular complexity index is 1000. The number of benzene rings is 2. The molecule has 2 aromatic carbocycles. The molecule has 1 aromatic heterocycles.